The summed E-state index contributed by atoms with van der Waals surface area (Å²) in [6.45, 7) is 2.73. The van der Waals surface area contributed by atoms with Crippen molar-refractivity contribution >= 4 is 5.91 Å². The summed E-state index contributed by atoms with van der Waals surface area (Å²) in [7, 11) is 0. The Morgan fingerprint density at radius 3 is 2.61 bits per heavy atom. The van der Waals surface area contributed by atoms with Crippen LogP contribution in [-0.4, -0.2) is 26.0 Å². The SMILES string of the molecule is Cc1c(O)cc(O)c(C(=O)N2Cc3ccncc3C2)c1OCc1ccccc1. The molecule has 6 heteroatoms. The molecule has 3 aromatic rings. The Balaban J connectivity index is 1.66. The standard InChI is InChI=1S/C22H20N2O4/c1-14-18(25)9-19(26)20(21(14)28-13-15-5-3-2-4-6-15)22(27)24-11-16-7-8-23-10-17(16)12-24/h2-10,25-26H,11-13H2,1H3. The first kappa shape index (κ1) is 17.9. The van der Waals surface area contributed by atoms with Gasteiger partial charge in [0.1, 0.15) is 29.4 Å². The number of aromatic hydroxyl groups is 2. The molecule has 0 bridgehead atoms. The van der Waals surface area contributed by atoms with Crippen molar-refractivity contribution in [3.8, 4) is 17.2 Å². The van der Waals surface area contributed by atoms with Gasteiger partial charge in [0.2, 0.25) is 0 Å². The smallest absolute Gasteiger partial charge is 0.262 e. The fraction of sp³-hybridized carbons (Fsp3) is 0.182. The first-order chi connectivity index (χ1) is 13.5. The Morgan fingerprint density at radius 2 is 1.86 bits per heavy atom. The molecule has 0 atom stereocenters. The fourth-order valence-corrected chi connectivity index (χ4v) is 3.37. The number of carbonyl (C=O) groups is 1. The van der Waals surface area contributed by atoms with Gasteiger partial charge in [-0.25, -0.2) is 0 Å². The number of aromatic nitrogens is 1. The molecule has 2 aromatic carbocycles. The number of benzene rings is 2. The molecule has 4 rings (SSSR count). The summed E-state index contributed by atoms with van der Waals surface area (Å²) in [4.78, 5) is 18.9. The van der Waals surface area contributed by atoms with Gasteiger partial charge in [0.15, 0.2) is 0 Å². The van der Waals surface area contributed by atoms with Gasteiger partial charge in [-0.05, 0) is 29.7 Å². The van der Waals surface area contributed by atoms with E-state index in [1.54, 1.807) is 24.2 Å². The van der Waals surface area contributed by atoms with E-state index in [0.717, 1.165) is 16.7 Å². The van der Waals surface area contributed by atoms with E-state index in [-0.39, 0.29) is 35.3 Å². The molecule has 2 heterocycles. The highest BCUT2D eigenvalue weighted by Crippen LogP contribution is 2.39. The van der Waals surface area contributed by atoms with Gasteiger partial charge in [-0.15, -0.1) is 0 Å². The van der Waals surface area contributed by atoms with Crippen LogP contribution >= 0.6 is 0 Å². The molecule has 2 N–H and O–H groups in total. The third kappa shape index (κ3) is 3.24. The molecule has 1 aromatic heterocycles. The normalized spacial score (nSPS) is 12.7. The second kappa shape index (κ2) is 7.23. The molecular formula is C22H20N2O4. The minimum atomic E-state index is -0.347. The van der Waals surface area contributed by atoms with Crippen LogP contribution in [0.5, 0.6) is 17.2 Å². The monoisotopic (exact) mass is 376 g/mol. The Bertz CT molecular complexity index is 1010. The van der Waals surface area contributed by atoms with E-state index in [1.165, 1.54) is 6.07 Å². The van der Waals surface area contributed by atoms with E-state index in [2.05, 4.69) is 4.98 Å². The first-order valence-corrected chi connectivity index (χ1v) is 8.98. The van der Waals surface area contributed by atoms with Gasteiger partial charge in [0.05, 0.1) is 0 Å². The maximum absolute atomic E-state index is 13.2. The van der Waals surface area contributed by atoms with Crippen molar-refractivity contribution in [2.24, 2.45) is 0 Å². The molecule has 28 heavy (non-hydrogen) atoms. The number of phenols is 2. The first-order valence-electron chi connectivity index (χ1n) is 8.98. The van der Waals surface area contributed by atoms with Crippen molar-refractivity contribution < 1.29 is 19.7 Å². The fourth-order valence-electron chi connectivity index (χ4n) is 3.37. The summed E-state index contributed by atoms with van der Waals surface area (Å²) < 4.78 is 5.89. The van der Waals surface area contributed by atoms with Gasteiger partial charge in [-0.2, -0.15) is 0 Å². The molecule has 1 aliphatic heterocycles. The minimum Gasteiger partial charge on any atom is -0.507 e. The lowest BCUT2D eigenvalue weighted by Gasteiger charge is -2.21. The number of carbonyl (C=O) groups excluding carboxylic acids is 1. The highest BCUT2D eigenvalue weighted by atomic mass is 16.5. The highest BCUT2D eigenvalue weighted by Gasteiger charge is 2.30. The number of rotatable bonds is 4. The summed E-state index contributed by atoms with van der Waals surface area (Å²) >= 11 is 0. The minimum absolute atomic E-state index is 0.0620. The van der Waals surface area contributed by atoms with Gasteiger partial charge >= 0.3 is 0 Å². The predicted octanol–water partition coefficient (Wildman–Crippen LogP) is 3.54. The van der Waals surface area contributed by atoms with E-state index in [0.29, 0.717) is 18.7 Å². The van der Waals surface area contributed by atoms with Crippen molar-refractivity contribution in [1.82, 2.24) is 9.88 Å². The average molecular weight is 376 g/mol. The van der Waals surface area contributed by atoms with Crippen LogP contribution in [0.3, 0.4) is 0 Å². The van der Waals surface area contributed by atoms with Crippen LogP contribution in [0.2, 0.25) is 0 Å². The van der Waals surface area contributed by atoms with E-state index in [1.807, 2.05) is 36.4 Å². The van der Waals surface area contributed by atoms with E-state index in [9.17, 15) is 15.0 Å². The van der Waals surface area contributed by atoms with Crippen molar-refractivity contribution in [2.75, 3.05) is 0 Å². The number of pyridine rings is 1. The van der Waals surface area contributed by atoms with Crippen molar-refractivity contribution in [1.29, 1.82) is 0 Å². The summed E-state index contributed by atoms with van der Waals surface area (Å²) in [5, 5.41) is 20.6. The highest BCUT2D eigenvalue weighted by molar-refractivity contribution is 6.00. The quantitative estimate of drug-likeness (QED) is 0.728. The lowest BCUT2D eigenvalue weighted by atomic mass is 10.1. The molecule has 0 aliphatic carbocycles. The van der Waals surface area contributed by atoms with Crippen LogP contribution in [-0.2, 0) is 19.7 Å². The Labute approximate surface area is 162 Å². The third-order valence-corrected chi connectivity index (χ3v) is 4.94. The number of hydrogen-bond acceptors (Lipinski definition) is 5. The molecule has 6 nitrogen and oxygen atoms in total. The average Bonchev–Trinajstić information content (AvgIpc) is 3.14. The number of phenolic OH excluding ortho intramolecular Hbond substituents is 2. The second-order valence-corrected chi connectivity index (χ2v) is 6.82. The number of amides is 1. The molecule has 0 saturated heterocycles. The summed E-state index contributed by atoms with van der Waals surface area (Å²) in [6, 6.07) is 12.6. The topological polar surface area (TPSA) is 82.9 Å². The maximum atomic E-state index is 13.2. The van der Waals surface area contributed by atoms with Crippen molar-refractivity contribution in [3.05, 3.63) is 82.7 Å². The molecule has 0 spiro atoms. The second-order valence-electron chi connectivity index (χ2n) is 6.82. The van der Waals surface area contributed by atoms with Crippen LogP contribution in [0.1, 0.15) is 32.6 Å². The molecule has 0 radical (unpaired) electrons. The zero-order valence-corrected chi connectivity index (χ0v) is 15.4. The maximum Gasteiger partial charge on any atom is 0.262 e. The zero-order chi connectivity index (χ0) is 19.7. The Kier molecular flexibility index (Phi) is 4.61. The van der Waals surface area contributed by atoms with Crippen LogP contribution in [0.4, 0.5) is 0 Å². The van der Waals surface area contributed by atoms with E-state index >= 15 is 0 Å². The number of ether oxygens (including phenoxy) is 1. The van der Waals surface area contributed by atoms with Crippen LogP contribution in [0.25, 0.3) is 0 Å². The summed E-state index contributed by atoms with van der Waals surface area (Å²) in [6.07, 6.45) is 3.45. The van der Waals surface area contributed by atoms with E-state index < -0.39 is 0 Å². The number of hydrogen-bond donors (Lipinski definition) is 2. The van der Waals surface area contributed by atoms with Gasteiger partial charge in [-0.3, -0.25) is 9.78 Å². The number of fused-ring (bicyclic) bond motifs is 1. The molecule has 1 amide bonds. The molecule has 0 unspecified atom stereocenters. The van der Waals surface area contributed by atoms with Crippen LogP contribution in [0, 0.1) is 6.92 Å². The van der Waals surface area contributed by atoms with Crippen molar-refractivity contribution in [3.63, 3.8) is 0 Å². The Hall–Kier alpha value is -3.54. The van der Waals surface area contributed by atoms with Gasteiger partial charge in [0, 0.05) is 37.1 Å². The Morgan fingerprint density at radius 1 is 1.11 bits per heavy atom. The predicted molar refractivity (Wildman–Crippen MR) is 103 cm³/mol. The zero-order valence-electron chi connectivity index (χ0n) is 15.4. The van der Waals surface area contributed by atoms with Crippen LogP contribution in [0.15, 0.2) is 54.9 Å². The summed E-state index contributed by atoms with van der Waals surface area (Å²) in [5.41, 5.74) is 3.41. The van der Waals surface area contributed by atoms with Crippen LogP contribution < -0.4 is 4.74 Å². The lowest BCUT2D eigenvalue weighted by Crippen LogP contribution is -2.26. The summed E-state index contributed by atoms with van der Waals surface area (Å²) in [5.74, 6) is -0.573. The van der Waals surface area contributed by atoms with E-state index in [4.69, 9.17) is 4.74 Å². The van der Waals surface area contributed by atoms with Crippen molar-refractivity contribution in [2.45, 2.75) is 26.6 Å². The third-order valence-electron chi connectivity index (χ3n) is 4.94. The molecule has 1 aliphatic rings. The largest absolute Gasteiger partial charge is 0.507 e. The number of nitrogens with zero attached hydrogens (tertiary/aromatic N) is 2. The lowest BCUT2D eigenvalue weighted by molar-refractivity contribution is 0.0742. The molecular weight excluding hydrogens is 356 g/mol. The molecule has 142 valence electrons. The van der Waals surface area contributed by atoms with Gasteiger partial charge in [-0.1, -0.05) is 30.3 Å². The van der Waals surface area contributed by atoms with Gasteiger partial charge < -0.3 is 19.8 Å². The molecule has 0 fully saturated rings. The van der Waals surface area contributed by atoms with Gasteiger partial charge in [0.25, 0.3) is 5.91 Å². The molecule has 0 saturated carbocycles.